The fourth-order valence-corrected chi connectivity index (χ4v) is 3.97. The zero-order valence-electron chi connectivity index (χ0n) is 19.6. The van der Waals surface area contributed by atoms with Crippen molar-refractivity contribution in [1.82, 2.24) is 14.8 Å². The Morgan fingerprint density at radius 1 is 1.14 bits per heavy atom. The van der Waals surface area contributed by atoms with Crippen LogP contribution < -0.4 is 10.1 Å². The summed E-state index contributed by atoms with van der Waals surface area (Å²) in [7, 11) is 0. The normalized spacial score (nSPS) is 15.7. The van der Waals surface area contributed by atoms with Crippen molar-refractivity contribution in [1.29, 1.82) is 0 Å². The minimum Gasteiger partial charge on any atom is -0.478 e. The zero-order chi connectivity index (χ0) is 25.7. The lowest BCUT2D eigenvalue weighted by Crippen LogP contribution is -2.59. The molecule has 186 valence electrons. The summed E-state index contributed by atoms with van der Waals surface area (Å²) in [5, 5.41) is 12.9. The second kappa shape index (κ2) is 11.1. The maximum absolute atomic E-state index is 13.2. The summed E-state index contributed by atoms with van der Waals surface area (Å²) in [4.78, 5) is 44.3. The number of urea groups is 1. The number of rotatable bonds is 9. The van der Waals surface area contributed by atoms with Crippen molar-refractivity contribution in [3.63, 3.8) is 0 Å². The number of ether oxygens (including phenoxy) is 1. The van der Waals surface area contributed by atoms with Crippen LogP contribution in [0.1, 0.15) is 35.7 Å². The molecule has 1 aliphatic heterocycles. The topological polar surface area (TPSA) is 112 Å². The molecule has 0 bridgehead atoms. The van der Waals surface area contributed by atoms with Crippen LogP contribution in [-0.2, 0) is 11.3 Å². The molecule has 0 aliphatic carbocycles. The highest BCUT2D eigenvalue weighted by atomic mass is 35.5. The molecule has 3 amide bonds. The Morgan fingerprint density at radius 2 is 1.92 bits per heavy atom. The molecule has 0 radical (unpaired) electrons. The van der Waals surface area contributed by atoms with Crippen molar-refractivity contribution in [2.75, 3.05) is 11.9 Å². The van der Waals surface area contributed by atoms with Gasteiger partial charge in [0.1, 0.15) is 23.5 Å². The van der Waals surface area contributed by atoms with Crippen LogP contribution in [0, 0.1) is 0 Å². The summed E-state index contributed by atoms with van der Waals surface area (Å²) in [5.74, 6) is -0.0605. The lowest BCUT2D eigenvalue weighted by atomic mass is 10.1. The molecule has 1 aliphatic rings. The monoisotopic (exact) mass is 508 g/mol. The lowest BCUT2D eigenvalue weighted by Gasteiger charge is -2.40. The second-order valence-electron chi connectivity index (χ2n) is 8.26. The average molecular weight is 509 g/mol. The third-order valence-electron chi connectivity index (χ3n) is 5.60. The highest BCUT2D eigenvalue weighted by Gasteiger charge is 2.38. The molecule has 1 unspecified atom stereocenters. The fraction of sp³-hybridized carbons (Fsp3) is 0.231. The van der Waals surface area contributed by atoms with Gasteiger partial charge < -0.3 is 15.2 Å². The molecule has 0 saturated carbocycles. The van der Waals surface area contributed by atoms with Gasteiger partial charge >= 0.3 is 12.0 Å². The van der Waals surface area contributed by atoms with Crippen molar-refractivity contribution in [3.8, 4) is 11.5 Å². The molecule has 1 atom stereocenters. The number of hydrogen-bond donors (Lipinski definition) is 2. The van der Waals surface area contributed by atoms with E-state index >= 15 is 0 Å². The van der Waals surface area contributed by atoms with Crippen LogP contribution in [-0.4, -0.2) is 50.5 Å². The van der Waals surface area contributed by atoms with Crippen LogP contribution in [0.5, 0.6) is 11.5 Å². The number of nitrogens with one attached hydrogen (secondary N) is 1. The first kappa shape index (κ1) is 25.0. The van der Waals surface area contributed by atoms with E-state index in [-0.39, 0.29) is 23.9 Å². The third kappa shape index (κ3) is 5.92. The van der Waals surface area contributed by atoms with Crippen LogP contribution in [0.2, 0.25) is 5.02 Å². The largest absolute Gasteiger partial charge is 0.478 e. The fourth-order valence-electron chi connectivity index (χ4n) is 3.84. The quantitative estimate of drug-likeness (QED) is 0.407. The predicted octanol–water partition coefficient (Wildman–Crippen LogP) is 5.23. The van der Waals surface area contributed by atoms with Crippen LogP contribution in [0.3, 0.4) is 0 Å². The van der Waals surface area contributed by atoms with Crippen molar-refractivity contribution in [2.45, 2.75) is 32.5 Å². The molecule has 4 rings (SSSR count). The molecular weight excluding hydrogens is 484 g/mol. The van der Waals surface area contributed by atoms with Gasteiger partial charge in [0.25, 0.3) is 0 Å². The molecule has 0 spiro atoms. The lowest BCUT2D eigenvalue weighted by molar-refractivity contribution is -0.132. The number of imide groups is 1. The molecule has 1 saturated heterocycles. The van der Waals surface area contributed by atoms with Gasteiger partial charge in [0.2, 0.25) is 5.91 Å². The van der Waals surface area contributed by atoms with E-state index in [9.17, 15) is 14.4 Å². The summed E-state index contributed by atoms with van der Waals surface area (Å²) in [6.45, 7) is 2.57. The number of hydrogen-bond acceptors (Lipinski definition) is 6. The summed E-state index contributed by atoms with van der Waals surface area (Å²) in [6, 6.07) is 16.3. The smallest absolute Gasteiger partial charge is 0.335 e. The molecule has 36 heavy (non-hydrogen) atoms. The van der Waals surface area contributed by atoms with Gasteiger partial charge in [0, 0.05) is 18.1 Å². The first-order valence-electron chi connectivity index (χ1n) is 11.4. The number of halogens is 1. The first-order chi connectivity index (χ1) is 17.3. The highest BCUT2D eigenvalue weighted by Crippen LogP contribution is 2.25. The summed E-state index contributed by atoms with van der Waals surface area (Å²) in [5.41, 5.74) is 0.994. The Balaban J connectivity index is 1.50. The average Bonchev–Trinajstić information content (AvgIpc) is 2.86. The highest BCUT2D eigenvalue weighted by molar-refractivity contribution is 6.30. The minimum atomic E-state index is -1.05. The molecule has 1 aromatic heterocycles. The number of amides is 3. The predicted molar refractivity (Wildman–Crippen MR) is 134 cm³/mol. The first-order valence-corrected chi connectivity index (χ1v) is 11.8. The van der Waals surface area contributed by atoms with Gasteiger partial charge in [-0.1, -0.05) is 36.7 Å². The van der Waals surface area contributed by atoms with E-state index in [1.807, 2.05) is 19.1 Å². The van der Waals surface area contributed by atoms with Crippen molar-refractivity contribution in [2.24, 2.45) is 0 Å². The number of carboxylic acids is 1. The van der Waals surface area contributed by atoms with Gasteiger partial charge in [-0.3, -0.25) is 14.6 Å². The van der Waals surface area contributed by atoms with Gasteiger partial charge in [0.05, 0.1) is 18.2 Å². The minimum absolute atomic E-state index is 0.0985. The molecule has 3 aromatic rings. The maximum Gasteiger partial charge on any atom is 0.335 e. The number of aromatic nitrogens is 1. The third-order valence-corrected chi connectivity index (χ3v) is 5.85. The van der Waals surface area contributed by atoms with Gasteiger partial charge in [-0.2, -0.15) is 0 Å². The molecule has 2 aromatic carbocycles. The van der Waals surface area contributed by atoms with E-state index in [0.717, 1.165) is 5.56 Å². The van der Waals surface area contributed by atoms with E-state index in [0.29, 0.717) is 41.8 Å². The maximum atomic E-state index is 13.2. The summed E-state index contributed by atoms with van der Waals surface area (Å²) < 4.78 is 5.71. The Labute approximate surface area is 213 Å². The Hall–Kier alpha value is -4.11. The summed E-state index contributed by atoms with van der Waals surface area (Å²) in [6.07, 6.45) is 1.65. The standard InChI is InChI=1S/C26H25ClN4O5/c1-2-12-30-24(32)14-23(31(26(30)35)16-17-6-8-19(27)9-7-17)29-22-11-10-21(15-28-22)36-20-5-3-4-18(13-20)25(33)34/h3-11,13,15,23H,2,12,14,16H2,1H3,(H,28,29)(H,33,34). The van der Waals surface area contributed by atoms with Crippen LogP contribution in [0.25, 0.3) is 0 Å². The number of pyridine rings is 1. The van der Waals surface area contributed by atoms with E-state index in [1.54, 1.807) is 41.3 Å². The second-order valence-corrected chi connectivity index (χ2v) is 8.70. The van der Waals surface area contributed by atoms with Gasteiger partial charge in [-0.25, -0.2) is 14.6 Å². The Morgan fingerprint density at radius 3 is 2.58 bits per heavy atom. The number of anilines is 1. The number of nitrogens with zero attached hydrogens (tertiary/aromatic N) is 3. The number of carboxylic acid groups (broad SMARTS) is 1. The van der Waals surface area contributed by atoms with Crippen molar-refractivity contribution in [3.05, 3.63) is 83.0 Å². The number of benzene rings is 2. The summed E-state index contributed by atoms with van der Waals surface area (Å²) >= 11 is 6.00. The molecule has 9 nitrogen and oxygen atoms in total. The molecule has 10 heteroatoms. The zero-order valence-corrected chi connectivity index (χ0v) is 20.3. The Bertz CT molecular complexity index is 1250. The Kier molecular flexibility index (Phi) is 7.70. The van der Waals surface area contributed by atoms with Crippen LogP contribution in [0.15, 0.2) is 66.9 Å². The molecule has 2 N–H and O–H groups in total. The van der Waals surface area contributed by atoms with Gasteiger partial charge in [0.15, 0.2) is 0 Å². The van der Waals surface area contributed by atoms with Gasteiger partial charge in [-0.15, -0.1) is 0 Å². The number of carbonyl (C=O) groups is 3. The van der Waals surface area contributed by atoms with Crippen molar-refractivity contribution >= 4 is 35.3 Å². The van der Waals surface area contributed by atoms with E-state index in [1.165, 1.54) is 23.2 Å². The molecule has 1 fully saturated rings. The number of carbonyl (C=O) groups excluding carboxylic acids is 2. The van der Waals surface area contributed by atoms with E-state index in [2.05, 4.69) is 10.3 Å². The molecule has 2 heterocycles. The van der Waals surface area contributed by atoms with Crippen LogP contribution >= 0.6 is 11.6 Å². The van der Waals surface area contributed by atoms with Crippen molar-refractivity contribution < 1.29 is 24.2 Å². The molecular formula is C26H25ClN4O5. The van der Waals surface area contributed by atoms with Gasteiger partial charge in [-0.05, 0) is 54.4 Å². The number of aromatic carboxylic acids is 1. The van der Waals surface area contributed by atoms with E-state index < -0.39 is 12.1 Å². The van der Waals surface area contributed by atoms with E-state index in [4.69, 9.17) is 21.4 Å². The van der Waals surface area contributed by atoms with Crippen LogP contribution in [0.4, 0.5) is 10.6 Å². The SMILES string of the molecule is CCCN1C(=O)CC(Nc2ccc(Oc3cccc(C(=O)O)c3)cn2)N(Cc2ccc(Cl)cc2)C1=O.